The van der Waals surface area contributed by atoms with Gasteiger partial charge in [-0.3, -0.25) is 0 Å². The van der Waals surface area contributed by atoms with Crippen LogP contribution in [-0.4, -0.2) is 33.5 Å². The van der Waals surface area contributed by atoms with Crippen molar-refractivity contribution in [2.24, 2.45) is 17.1 Å². The summed E-state index contributed by atoms with van der Waals surface area (Å²) < 4.78 is 10.5. The van der Waals surface area contributed by atoms with Gasteiger partial charge in [0.05, 0.1) is 0 Å². The van der Waals surface area contributed by atoms with Crippen molar-refractivity contribution < 1.29 is 9.47 Å². The molecule has 0 rings (SSSR count). The summed E-state index contributed by atoms with van der Waals surface area (Å²) >= 11 is 0. The fraction of sp³-hybridized carbons (Fsp3) is 1.00. The first-order valence-corrected chi connectivity index (χ1v) is 5.83. The molecule has 0 radical (unpaired) electrons. The summed E-state index contributed by atoms with van der Waals surface area (Å²) in [5.74, 6) is 0.602. The molecule has 1 atom stereocenters. The van der Waals surface area contributed by atoms with Crippen LogP contribution in [0.5, 0.6) is 0 Å². The molecule has 0 aromatic heterocycles. The number of rotatable bonds is 9. The Labute approximate surface area is 94.3 Å². The van der Waals surface area contributed by atoms with Gasteiger partial charge in [-0.15, -0.1) is 0 Å². The van der Waals surface area contributed by atoms with E-state index in [2.05, 4.69) is 20.8 Å². The Morgan fingerprint density at radius 2 is 1.87 bits per heavy atom. The zero-order valence-electron chi connectivity index (χ0n) is 10.7. The molecule has 0 heterocycles. The van der Waals surface area contributed by atoms with Gasteiger partial charge in [0.2, 0.25) is 0 Å². The highest BCUT2D eigenvalue weighted by molar-refractivity contribution is 4.78. The Hall–Kier alpha value is -0.120. The average Bonchev–Trinajstić information content (AvgIpc) is 2.22. The minimum Gasteiger partial charge on any atom is -0.385 e. The zero-order chi connectivity index (χ0) is 11.7. The summed E-state index contributed by atoms with van der Waals surface area (Å²) in [6.45, 7) is 9.76. The molecule has 0 amide bonds. The van der Waals surface area contributed by atoms with E-state index in [1.807, 2.05) is 0 Å². The van der Waals surface area contributed by atoms with Crippen molar-refractivity contribution in [1.29, 1.82) is 0 Å². The number of hydrogen-bond donors (Lipinski definition) is 1. The van der Waals surface area contributed by atoms with Crippen LogP contribution in [0.1, 0.15) is 33.6 Å². The number of ether oxygens (including phenoxy) is 2. The lowest BCUT2D eigenvalue weighted by molar-refractivity contribution is 0.0690. The average molecular weight is 217 g/mol. The highest BCUT2D eigenvalue weighted by Crippen LogP contribution is 2.29. The second-order valence-corrected chi connectivity index (χ2v) is 4.72. The van der Waals surface area contributed by atoms with Gasteiger partial charge in [-0.1, -0.05) is 20.8 Å². The third-order valence-corrected chi connectivity index (χ3v) is 3.31. The Kier molecular flexibility index (Phi) is 8.02. The van der Waals surface area contributed by atoms with Gasteiger partial charge in [-0.2, -0.15) is 0 Å². The van der Waals surface area contributed by atoms with Crippen LogP contribution in [-0.2, 0) is 9.47 Å². The molecule has 0 aliphatic heterocycles. The molecule has 92 valence electrons. The summed E-state index contributed by atoms with van der Waals surface area (Å²) in [5, 5.41) is 0. The first-order chi connectivity index (χ1) is 7.06. The van der Waals surface area contributed by atoms with E-state index in [9.17, 15) is 0 Å². The van der Waals surface area contributed by atoms with Crippen LogP contribution >= 0.6 is 0 Å². The molecule has 15 heavy (non-hydrogen) atoms. The van der Waals surface area contributed by atoms with Crippen LogP contribution in [0, 0.1) is 11.3 Å². The van der Waals surface area contributed by atoms with E-state index in [0.29, 0.717) is 5.92 Å². The molecule has 0 aliphatic rings. The SMILES string of the molecule is COCCCOCCC(C)(CN)C(C)C. The van der Waals surface area contributed by atoms with E-state index < -0.39 is 0 Å². The molecule has 0 spiro atoms. The fourth-order valence-corrected chi connectivity index (χ4v) is 1.34. The van der Waals surface area contributed by atoms with Gasteiger partial charge in [0, 0.05) is 26.9 Å². The Morgan fingerprint density at radius 3 is 2.33 bits per heavy atom. The van der Waals surface area contributed by atoms with E-state index in [-0.39, 0.29) is 5.41 Å². The monoisotopic (exact) mass is 217 g/mol. The largest absolute Gasteiger partial charge is 0.385 e. The molecule has 3 heteroatoms. The van der Waals surface area contributed by atoms with Gasteiger partial charge >= 0.3 is 0 Å². The first kappa shape index (κ1) is 14.9. The minimum absolute atomic E-state index is 0.210. The Morgan fingerprint density at radius 1 is 1.20 bits per heavy atom. The van der Waals surface area contributed by atoms with Gasteiger partial charge in [0.25, 0.3) is 0 Å². The fourth-order valence-electron chi connectivity index (χ4n) is 1.34. The third-order valence-electron chi connectivity index (χ3n) is 3.31. The van der Waals surface area contributed by atoms with Gasteiger partial charge in [-0.05, 0) is 30.7 Å². The Balaban J connectivity index is 3.55. The highest BCUT2D eigenvalue weighted by Gasteiger charge is 2.25. The van der Waals surface area contributed by atoms with E-state index in [1.165, 1.54) is 0 Å². The number of methoxy groups -OCH3 is 1. The molecule has 0 aliphatic carbocycles. The summed E-state index contributed by atoms with van der Waals surface area (Å²) in [5.41, 5.74) is 6.00. The second kappa shape index (κ2) is 8.08. The van der Waals surface area contributed by atoms with Crippen molar-refractivity contribution in [2.75, 3.05) is 33.5 Å². The summed E-state index contributed by atoms with van der Waals surface area (Å²) in [6, 6.07) is 0. The van der Waals surface area contributed by atoms with Gasteiger partial charge in [0.15, 0.2) is 0 Å². The van der Waals surface area contributed by atoms with Crippen molar-refractivity contribution >= 4 is 0 Å². The van der Waals surface area contributed by atoms with Gasteiger partial charge in [0.1, 0.15) is 0 Å². The van der Waals surface area contributed by atoms with Crippen molar-refractivity contribution in [1.82, 2.24) is 0 Å². The topological polar surface area (TPSA) is 44.5 Å². The quantitative estimate of drug-likeness (QED) is 0.601. The summed E-state index contributed by atoms with van der Waals surface area (Å²) in [7, 11) is 1.71. The summed E-state index contributed by atoms with van der Waals surface area (Å²) in [6.07, 6.45) is 2.01. The molecule has 0 saturated heterocycles. The van der Waals surface area contributed by atoms with Crippen LogP contribution in [0.25, 0.3) is 0 Å². The lowest BCUT2D eigenvalue weighted by Crippen LogP contribution is -2.33. The molecular weight excluding hydrogens is 190 g/mol. The second-order valence-electron chi connectivity index (χ2n) is 4.72. The maximum absolute atomic E-state index is 5.79. The molecule has 0 aromatic carbocycles. The third kappa shape index (κ3) is 6.13. The highest BCUT2D eigenvalue weighted by atomic mass is 16.5. The molecule has 0 saturated carbocycles. The van der Waals surface area contributed by atoms with E-state index >= 15 is 0 Å². The summed E-state index contributed by atoms with van der Waals surface area (Å²) in [4.78, 5) is 0. The molecule has 0 aromatic rings. The van der Waals surface area contributed by atoms with E-state index in [4.69, 9.17) is 15.2 Å². The molecular formula is C12H27NO2. The van der Waals surface area contributed by atoms with Crippen molar-refractivity contribution in [3.63, 3.8) is 0 Å². The molecule has 1 unspecified atom stereocenters. The molecule has 2 N–H and O–H groups in total. The zero-order valence-corrected chi connectivity index (χ0v) is 10.7. The van der Waals surface area contributed by atoms with Gasteiger partial charge in [-0.25, -0.2) is 0 Å². The molecule has 0 fully saturated rings. The minimum atomic E-state index is 0.210. The van der Waals surface area contributed by atoms with E-state index in [0.717, 1.165) is 39.2 Å². The maximum atomic E-state index is 5.79. The van der Waals surface area contributed by atoms with Crippen molar-refractivity contribution in [2.45, 2.75) is 33.6 Å². The van der Waals surface area contributed by atoms with Crippen LogP contribution in [0.2, 0.25) is 0 Å². The van der Waals surface area contributed by atoms with Gasteiger partial charge < -0.3 is 15.2 Å². The predicted octanol–water partition coefficient (Wildman–Crippen LogP) is 2.05. The number of nitrogens with two attached hydrogens (primary N) is 1. The maximum Gasteiger partial charge on any atom is 0.0487 e. The molecule has 0 bridgehead atoms. The van der Waals surface area contributed by atoms with Crippen molar-refractivity contribution in [3.8, 4) is 0 Å². The van der Waals surface area contributed by atoms with Crippen LogP contribution in [0.4, 0.5) is 0 Å². The van der Waals surface area contributed by atoms with E-state index in [1.54, 1.807) is 7.11 Å². The standard InChI is InChI=1S/C12H27NO2/c1-11(2)12(3,10-13)6-9-15-8-5-7-14-4/h11H,5-10,13H2,1-4H3. The van der Waals surface area contributed by atoms with Crippen molar-refractivity contribution in [3.05, 3.63) is 0 Å². The van der Waals surface area contributed by atoms with Crippen LogP contribution in [0.3, 0.4) is 0 Å². The van der Waals surface area contributed by atoms with Crippen LogP contribution in [0.15, 0.2) is 0 Å². The lowest BCUT2D eigenvalue weighted by Gasteiger charge is -2.32. The predicted molar refractivity (Wildman–Crippen MR) is 63.9 cm³/mol. The normalized spacial score (nSPS) is 15.6. The number of hydrogen-bond acceptors (Lipinski definition) is 3. The molecule has 3 nitrogen and oxygen atoms in total. The van der Waals surface area contributed by atoms with Crippen LogP contribution < -0.4 is 5.73 Å². The first-order valence-electron chi connectivity index (χ1n) is 5.83. The Bertz CT molecular complexity index is 151. The lowest BCUT2D eigenvalue weighted by atomic mass is 9.77. The smallest absolute Gasteiger partial charge is 0.0487 e.